The van der Waals surface area contributed by atoms with Gasteiger partial charge in [-0.25, -0.2) is 18.4 Å². The van der Waals surface area contributed by atoms with Gasteiger partial charge in [0.1, 0.15) is 6.61 Å². The van der Waals surface area contributed by atoms with Crippen molar-refractivity contribution in [1.82, 2.24) is 10.2 Å². The van der Waals surface area contributed by atoms with Crippen LogP contribution in [0.15, 0.2) is 47.4 Å². The highest BCUT2D eigenvalue weighted by atomic mass is 35.5. The van der Waals surface area contributed by atoms with Crippen molar-refractivity contribution < 1.29 is 22.7 Å². The van der Waals surface area contributed by atoms with E-state index >= 15 is 0 Å². The van der Waals surface area contributed by atoms with Crippen LogP contribution in [0, 0.1) is 0 Å². The van der Waals surface area contributed by atoms with Gasteiger partial charge in [0.15, 0.2) is 0 Å². The van der Waals surface area contributed by atoms with Gasteiger partial charge in [0.05, 0.1) is 4.90 Å². The molecule has 2 rings (SSSR count). The van der Waals surface area contributed by atoms with E-state index in [2.05, 4.69) is 5.32 Å². The van der Waals surface area contributed by atoms with Crippen LogP contribution in [0.4, 0.5) is 4.79 Å². The first-order chi connectivity index (χ1) is 14.0. The van der Waals surface area contributed by atoms with Crippen LogP contribution in [0.3, 0.4) is 0 Å². The van der Waals surface area contributed by atoms with Crippen molar-refractivity contribution in [2.75, 3.05) is 13.6 Å². The lowest BCUT2D eigenvalue weighted by Gasteiger charge is -2.25. The number of carbonyl (C=O) groups excluding carboxylic acids is 2. The minimum atomic E-state index is -3.83. The molecule has 0 heterocycles. The first-order valence-electron chi connectivity index (χ1n) is 8.73. The molecule has 0 saturated carbocycles. The van der Waals surface area contributed by atoms with E-state index in [-0.39, 0.29) is 35.6 Å². The smallest absolute Gasteiger partial charge is 0.407 e. The van der Waals surface area contributed by atoms with E-state index in [1.54, 1.807) is 32.2 Å². The van der Waals surface area contributed by atoms with Crippen molar-refractivity contribution >= 4 is 45.2 Å². The zero-order chi connectivity index (χ0) is 22.5. The second kappa shape index (κ2) is 10.1. The number of primary sulfonamides is 1. The summed E-state index contributed by atoms with van der Waals surface area (Å²) in [5.41, 5.74) is 0.933. The Bertz CT molecular complexity index is 1010. The summed E-state index contributed by atoms with van der Waals surface area (Å²) in [5, 5.41) is 8.50. The van der Waals surface area contributed by atoms with Crippen LogP contribution in [0.1, 0.15) is 22.8 Å². The van der Waals surface area contributed by atoms with Crippen LogP contribution in [-0.2, 0) is 21.4 Å². The van der Waals surface area contributed by atoms with Gasteiger partial charge >= 0.3 is 6.09 Å². The number of nitrogens with one attached hydrogen (secondary N) is 1. The summed E-state index contributed by atoms with van der Waals surface area (Å²) in [5.74, 6) is -0.341. The van der Waals surface area contributed by atoms with E-state index in [0.29, 0.717) is 15.6 Å². The van der Waals surface area contributed by atoms with Crippen LogP contribution in [-0.4, -0.2) is 45.0 Å². The molecule has 3 N–H and O–H groups in total. The number of ether oxygens (including phenoxy) is 1. The number of alkyl carbamates (subject to hydrolysis) is 1. The molecule has 162 valence electrons. The Morgan fingerprint density at radius 2 is 1.70 bits per heavy atom. The highest BCUT2D eigenvalue weighted by Crippen LogP contribution is 2.19. The third kappa shape index (κ3) is 6.88. The van der Waals surface area contributed by atoms with Crippen LogP contribution in [0.5, 0.6) is 0 Å². The number of hydrogen-bond acceptors (Lipinski definition) is 5. The lowest BCUT2D eigenvalue weighted by molar-refractivity contribution is 0.0737. The zero-order valence-electron chi connectivity index (χ0n) is 16.3. The molecular weight excluding hydrogens is 453 g/mol. The van der Waals surface area contributed by atoms with Gasteiger partial charge in [0.2, 0.25) is 10.0 Å². The quantitative estimate of drug-likeness (QED) is 0.640. The van der Waals surface area contributed by atoms with Crippen molar-refractivity contribution in [3.05, 3.63) is 63.6 Å². The molecule has 0 fully saturated rings. The number of amides is 2. The Labute approximate surface area is 184 Å². The summed E-state index contributed by atoms with van der Waals surface area (Å²) in [4.78, 5) is 25.8. The number of likely N-dealkylation sites (N-methyl/N-ethyl adjacent to an activating group) is 1. The van der Waals surface area contributed by atoms with E-state index in [1.165, 1.54) is 29.2 Å². The SMILES string of the molecule is CC(CNC(=O)OCc1cc(Cl)cc(Cl)c1)N(C)C(=O)c1ccc(S(N)(=O)=O)cc1. The molecule has 2 aromatic carbocycles. The zero-order valence-corrected chi connectivity index (χ0v) is 18.6. The summed E-state index contributed by atoms with van der Waals surface area (Å²) in [7, 11) is -2.26. The molecule has 0 bridgehead atoms. The largest absolute Gasteiger partial charge is 0.445 e. The van der Waals surface area contributed by atoms with E-state index in [4.69, 9.17) is 33.1 Å². The summed E-state index contributed by atoms with van der Waals surface area (Å²) < 4.78 is 27.7. The van der Waals surface area contributed by atoms with Crippen molar-refractivity contribution in [2.24, 2.45) is 5.14 Å². The molecule has 0 aliphatic heterocycles. The second-order valence-electron chi connectivity index (χ2n) is 6.57. The molecule has 0 spiro atoms. The first-order valence-corrected chi connectivity index (χ1v) is 11.0. The highest BCUT2D eigenvalue weighted by molar-refractivity contribution is 7.89. The maximum Gasteiger partial charge on any atom is 0.407 e. The average molecular weight is 474 g/mol. The van der Waals surface area contributed by atoms with Gasteiger partial charge in [-0.05, 0) is 55.0 Å². The Morgan fingerprint density at radius 1 is 1.13 bits per heavy atom. The van der Waals surface area contributed by atoms with E-state index < -0.39 is 16.1 Å². The lowest BCUT2D eigenvalue weighted by atomic mass is 10.2. The number of sulfonamides is 1. The van der Waals surface area contributed by atoms with Crippen LogP contribution < -0.4 is 10.5 Å². The van der Waals surface area contributed by atoms with Gasteiger partial charge in [-0.3, -0.25) is 4.79 Å². The third-order valence-corrected chi connectivity index (χ3v) is 5.61. The fourth-order valence-corrected chi connectivity index (χ4v) is 3.54. The number of benzene rings is 2. The fraction of sp³-hybridized carbons (Fsp3) is 0.263. The number of carbonyl (C=O) groups is 2. The molecule has 11 heteroatoms. The van der Waals surface area contributed by atoms with Crippen LogP contribution >= 0.6 is 23.2 Å². The van der Waals surface area contributed by atoms with Crippen molar-refractivity contribution in [2.45, 2.75) is 24.5 Å². The van der Waals surface area contributed by atoms with Gasteiger partial charge in [-0.2, -0.15) is 0 Å². The Balaban J connectivity index is 1.86. The van der Waals surface area contributed by atoms with Crippen molar-refractivity contribution in [3.63, 3.8) is 0 Å². The van der Waals surface area contributed by atoms with Crippen LogP contribution in [0.25, 0.3) is 0 Å². The number of rotatable bonds is 7. The van der Waals surface area contributed by atoms with Gasteiger partial charge in [-0.1, -0.05) is 23.2 Å². The molecule has 0 saturated heterocycles. The molecule has 8 nitrogen and oxygen atoms in total. The molecule has 1 atom stereocenters. The minimum Gasteiger partial charge on any atom is -0.445 e. The summed E-state index contributed by atoms with van der Waals surface area (Å²) >= 11 is 11.8. The highest BCUT2D eigenvalue weighted by Gasteiger charge is 2.19. The first kappa shape index (κ1) is 23.9. The number of nitrogens with two attached hydrogens (primary N) is 1. The van der Waals surface area contributed by atoms with Gasteiger partial charge in [-0.15, -0.1) is 0 Å². The Morgan fingerprint density at radius 3 is 2.23 bits per heavy atom. The van der Waals surface area contributed by atoms with E-state index in [9.17, 15) is 18.0 Å². The van der Waals surface area contributed by atoms with Crippen LogP contribution in [0.2, 0.25) is 10.0 Å². The third-order valence-electron chi connectivity index (χ3n) is 4.25. The molecule has 30 heavy (non-hydrogen) atoms. The molecule has 2 aromatic rings. The molecule has 0 aliphatic rings. The molecule has 0 aliphatic carbocycles. The summed E-state index contributed by atoms with van der Waals surface area (Å²) in [6.45, 7) is 1.88. The fourth-order valence-electron chi connectivity index (χ4n) is 2.45. The second-order valence-corrected chi connectivity index (χ2v) is 9.00. The predicted molar refractivity (Wildman–Crippen MR) is 114 cm³/mol. The number of hydrogen-bond donors (Lipinski definition) is 2. The average Bonchev–Trinajstić information content (AvgIpc) is 2.68. The molecule has 1 unspecified atom stereocenters. The van der Waals surface area contributed by atoms with Gasteiger partial charge in [0.25, 0.3) is 5.91 Å². The standard InChI is InChI=1S/C19H21Cl2N3O5S/c1-12(10-23-19(26)29-11-13-7-15(20)9-16(21)8-13)24(2)18(25)14-3-5-17(6-4-14)30(22,27)28/h3-9,12H,10-11H2,1-2H3,(H,23,26)(H2,22,27,28). The van der Waals surface area contributed by atoms with Gasteiger partial charge in [0, 0.05) is 35.2 Å². The molecular formula is C19H21Cl2N3O5S. The summed E-state index contributed by atoms with van der Waals surface area (Å²) in [6, 6.07) is 9.77. The Hall–Kier alpha value is -2.33. The number of halogens is 2. The monoisotopic (exact) mass is 473 g/mol. The Kier molecular flexibility index (Phi) is 8.08. The van der Waals surface area contributed by atoms with Gasteiger partial charge < -0.3 is 15.0 Å². The van der Waals surface area contributed by atoms with Crippen molar-refractivity contribution in [1.29, 1.82) is 0 Å². The topological polar surface area (TPSA) is 119 Å². The van der Waals surface area contributed by atoms with E-state index in [1.807, 2.05) is 0 Å². The number of nitrogens with zero attached hydrogens (tertiary/aromatic N) is 1. The molecule has 0 radical (unpaired) electrons. The minimum absolute atomic E-state index is 0.00827. The van der Waals surface area contributed by atoms with E-state index in [0.717, 1.165) is 0 Å². The van der Waals surface area contributed by atoms with Crippen molar-refractivity contribution in [3.8, 4) is 0 Å². The summed E-state index contributed by atoms with van der Waals surface area (Å²) in [6.07, 6.45) is -0.656. The molecule has 2 amide bonds. The maximum absolute atomic E-state index is 12.5. The maximum atomic E-state index is 12.5. The molecule has 0 aromatic heterocycles. The lowest BCUT2D eigenvalue weighted by Crippen LogP contribution is -2.43. The predicted octanol–water partition coefficient (Wildman–Crippen LogP) is 3.03. The normalized spacial score (nSPS) is 12.2.